The number of rotatable bonds is 6. The standard InChI is InChI=1S/C32H40N4O8S/c1-35(45(3,39)40)18-25-9-10-26(44-25)19-36-13-11-30-29(20-36)34-31(37)8-5-12-33-32(38)23-15-27(41-2)17-28(16-23)43-24-7-4-6-22(14-24)21-42-30/h4,6-7,9-10,14-17,29-30H,5,8,11-13,18-21H2,1-3H3,(H,33,38)(H,34,37)/t29-,30-/m0/s1. The van der Waals surface area contributed by atoms with Crippen LogP contribution in [0, 0.1) is 0 Å². The molecule has 0 saturated carbocycles. The van der Waals surface area contributed by atoms with Crippen LogP contribution in [0.1, 0.15) is 46.7 Å². The van der Waals surface area contributed by atoms with Crippen LogP contribution in [0.2, 0.25) is 0 Å². The summed E-state index contributed by atoms with van der Waals surface area (Å²) >= 11 is 0. The predicted molar refractivity (Wildman–Crippen MR) is 166 cm³/mol. The van der Waals surface area contributed by atoms with Crippen molar-refractivity contribution in [3.63, 3.8) is 0 Å². The van der Waals surface area contributed by atoms with E-state index in [2.05, 4.69) is 15.5 Å². The summed E-state index contributed by atoms with van der Waals surface area (Å²) in [6.45, 7) is 2.59. The van der Waals surface area contributed by atoms with E-state index in [0.29, 0.717) is 73.4 Å². The topological polar surface area (TPSA) is 140 Å². The third kappa shape index (κ3) is 9.07. The van der Waals surface area contributed by atoms with E-state index in [4.69, 9.17) is 18.6 Å². The van der Waals surface area contributed by atoms with Gasteiger partial charge in [-0.25, -0.2) is 8.42 Å². The molecule has 13 heteroatoms. The fourth-order valence-electron chi connectivity index (χ4n) is 5.38. The van der Waals surface area contributed by atoms with Crippen LogP contribution < -0.4 is 20.1 Å². The van der Waals surface area contributed by atoms with Gasteiger partial charge in [0.2, 0.25) is 15.9 Å². The molecule has 5 rings (SSSR count). The molecular weight excluding hydrogens is 600 g/mol. The average Bonchev–Trinajstić information content (AvgIpc) is 3.44. The Hall–Kier alpha value is -3.91. The van der Waals surface area contributed by atoms with Gasteiger partial charge in [0.05, 0.1) is 45.2 Å². The van der Waals surface area contributed by atoms with Crippen molar-refractivity contribution < 1.29 is 36.6 Å². The maximum atomic E-state index is 13.0. The molecule has 2 atom stereocenters. The van der Waals surface area contributed by atoms with E-state index < -0.39 is 10.0 Å². The van der Waals surface area contributed by atoms with Gasteiger partial charge in [-0.05, 0) is 54.8 Å². The van der Waals surface area contributed by atoms with E-state index in [-0.39, 0.29) is 36.9 Å². The molecule has 1 aromatic heterocycles. The molecule has 3 aromatic rings. The largest absolute Gasteiger partial charge is 0.497 e. The highest BCUT2D eigenvalue weighted by Crippen LogP contribution is 2.29. The summed E-state index contributed by atoms with van der Waals surface area (Å²) < 4.78 is 48.6. The smallest absolute Gasteiger partial charge is 0.251 e. The number of hydrogen-bond acceptors (Lipinski definition) is 9. The summed E-state index contributed by atoms with van der Waals surface area (Å²) in [5.41, 5.74) is 1.30. The van der Waals surface area contributed by atoms with E-state index in [1.807, 2.05) is 30.3 Å². The first-order chi connectivity index (χ1) is 21.6. The van der Waals surface area contributed by atoms with Gasteiger partial charge in [-0.1, -0.05) is 12.1 Å². The van der Waals surface area contributed by atoms with E-state index in [1.165, 1.54) is 18.5 Å². The average molecular weight is 641 g/mol. The normalized spacial score (nSPS) is 20.3. The number of carbonyl (C=O) groups is 2. The number of hydrogen-bond donors (Lipinski definition) is 2. The van der Waals surface area contributed by atoms with E-state index in [0.717, 1.165) is 18.4 Å². The third-order valence-corrected chi connectivity index (χ3v) is 9.13. The van der Waals surface area contributed by atoms with Gasteiger partial charge in [-0.15, -0.1) is 0 Å². The Morgan fingerprint density at radius 3 is 2.69 bits per heavy atom. The number of amides is 2. The molecule has 242 valence electrons. The second-order valence-corrected chi connectivity index (χ2v) is 13.5. The zero-order chi connectivity index (χ0) is 32.0. The van der Waals surface area contributed by atoms with Gasteiger partial charge in [0.15, 0.2) is 0 Å². The Morgan fingerprint density at radius 2 is 1.89 bits per heavy atom. The predicted octanol–water partition coefficient (Wildman–Crippen LogP) is 3.27. The van der Waals surface area contributed by atoms with Gasteiger partial charge in [0.1, 0.15) is 28.8 Å². The summed E-state index contributed by atoms with van der Waals surface area (Å²) in [5.74, 6) is 2.44. The van der Waals surface area contributed by atoms with Crippen LogP contribution in [0.25, 0.3) is 0 Å². The van der Waals surface area contributed by atoms with Crippen molar-refractivity contribution in [3.8, 4) is 17.2 Å². The van der Waals surface area contributed by atoms with Gasteiger partial charge < -0.3 is 29.3 Å². The summed E-state index contributed by atoms with van der Waals surface area (Å²) in [6, 6.07) is 16.0. The molecule has 2 amide bonds. The second-order valence-electron chi connectivity index (χ2n) is 11.4. The van der Waals surface area contributed by atoms with Crippen LogP contribution in [0.4, 0.5) is 0 Å². The highest BCUT2D eigenvalue weighted by Gasteiger charge is 2.32. The lowest BCUT2D eigenvalue weighted by Gasteiger charge is -2.38. The minimum atomic E-state index is -3.32. The summed E-state index contributed by atoms with van der Waals surface area (Å²) in [6.07, 6.45) is 2.34. The number of benzene rings is 2. The Labute approximate surface area is 263 Å². The molecular formula is C32H40N4O8S. The number of ether oxygens (including phenoxy) is 3. The molecule has 0 radical (unpaired) electrons. The Morgan fingerprint density at radius 1 is 1.07 bits per heavy atom. The summed E-state index contributed by atoms with van der Waals surface area (Å²) in [7, 11) is -0.280. The minimum Gasteiger partial charge on any atom is -0.497 e. The van der Waals surface area contributed by atoms with Crippen LogP contribution in [-0.4, -0.2) is 81.6 Å². The number of nitrogens with one attached hydrogen (secondary N) is 2. The van der Waals surface area contributed by atoms with E-state index >= 15 is 0 Å². The molecule has 2 aliphatic rings. The SMILES string of the molecule is COc1cc2cc(c1)C(=O)NCCCC(=O)N[C@H]1CN(Cc3ccc(CN(C)S(C)(=O)=O)o3)CC[C@@H]1OCc1cccc(c1)O2. The van der Waals surface area contributed by atoms with Gasteiger partial charge >= 0.3 is 0 Å². The molecule has 1 fully saturated rings. The van der Waals surface area contributed by atoms with Crippen molar-refractivity contribution in [2.75, 3.05) is 40.0 Å². The molecule has 0 aliphatic carbocycles. The molecule has 0 unspecified atom stereocenters. The van der Waals surface area contributed by atoms with Gasteiger partial charge in [-0.2, -0.15) is 4.31 Å². The van der Waals surface area contributed by atoms with Gasteiger partial charge in [-0.3, -0.25) is 14.5 Å². The van der Waals surface area contributed by atoms with Crippen LogP contribution in [0.3, 0.4) is 0 Å². The van der Waals surface area contributed by atoms with E-state index in [9.17, 15) is 18.0 Å². The monoisotopic (exact) mass is 640 g/mol. The highest BCUT2D eigenvalue weighted by atomic mass is 32.2. The number of nitrogens with zero attached hydrogens (tertiary/aromatic N) is 2. The number of piperidine rings is 1. The van der Waals surface area contributed by atoms with Crippen molar-refractivity contribution in [2.45, 2.75) is 51.1 Å². The Kier molecular flexibility index (Phi) is 10.4. The molecule has 2 aromatic carbocycles. The number of carbonyl (C=O) groups excluding carboxylic acids is 2. The molecule has 1 saturated heterocycles. The van der Waals surface area contributed by atoms with Crippen molar-refractivity contribution >= 4 is 21.8 Å². The number of fused-ring (bicyclic) bond motifs is 5. The maximum Gasteiger partial charge on any atom is 0.251 e. The first-order valence-corrected chi connectivity index (χ1v) is 16.8. The number of sulfonamides is 1. The fraction of sp³-hybridized carbons (Fsp3) is 0.438. The van der Waals surface area contributed by atoms with Crippen molar-refractivity contribution in [1.82, 2.24) is 19.8 Å². The lowest BCUT2D eigenvalue weighted by Crippen LogP contribution is -2.55. The maximum absolute atomic E-state index is 13.0. The minimum absolute atomic E-state index is 0.117. The number of methoxy groups -OCH3 is 1. The van der Waals surface area contributed by atoms with Crippen LogP contribution in [0.5, 0.6) is 17.2 Å². The zero-order valence-corrected chi connectivity index (χ0v) is 26.6. The van der Waals surface area contributed by atoms with Crippen molar-refractivity contribution in [1.29, 1.82) is 0 Å². The first kappa shape index (κ1) is 32.5. The summed E-state index contributed by atoms with van der Waals surface area (Å²) in [5, 5.41) is 6.04. The molecule has 2 N–H and O–H groups in total. The third-order valence-electron chi connectivity index (χ3n) is 7.86. The molecule has 2 aliphatic heterocycles. The second kappa shape index (κ2) is 14.5. The fourth-order valence-corrected chi connectivity index (χ4v) is 5.74. The molecule has 12 nitrogen and oxygen atoms in total. The summed E-state index contributed by atoms with van der Waals surface area (Å²) in [4.78, 5) is 28.1. The van der Waals surface area contributed by atoms with E-state index in [1.54, 1.807) is 24.3 Å². The van der Waals surface area contributed by atoms with Crippen LogP contribution in [0.15, 0.2) is 59.0 Å². The molecule has 45 heavy (non-hydrogen) atoms. The zero-order valence-electron chi connectivity index (χ0n) is 25.8. The first-order valence-electron chi connectivity index (χ1n) is 14.9. The Balaban J connectivity index is 1.29. The quantitative estimate of drug-likeness (QED) is 0.416. The van der Waals surface area contributed by atoms with Crippen LogP contribution >= 0.6 is 0 Å². The van der Waals surface area contributed by atoms with Crippen molar-refractivity contribution in [3.05, 3.63) is 77.2 Å². The Bertz CT molecular complexity index is 1610. The molecule has 0 spiro atoms. The van der Waals surface area contributed by atoms with Crippen molar-refractivity contribution in [2.24, 2.45) is 0 Å². The molecule has 4 bridgehead atoms. The number of furan rings is 1. The lowest BCUT2D eigenvalue weighted by molar-refractivity contribution is -0.124. The lowest BCUT2D eigenvalue weighted by atomic mass is 10.0. The van der Waals surface area contributed by atoms with Crippen LogP contribution in [-0.2, 0) is 39.3 Å². The van der Waals surface area contributed by atoms with Gasteiger partial charge in [0, 0.05) is 44.7 Å². The highest BCUT2D eigenvalue weighted by molar-refractivity contribution is 7.88. The van der Waals surface area contributed by atoms with Gasteiger partial charge in [0.25, 0.3) is 5.91 Å². The molecule has 3 heterocycles. The number of likely N-dealkylation sites (tertiary alicyclic amines) is 1.